The van der Waals surface area contributed by atoms with E-state index in [9.17, 15) is 9.59 Å². The number of hydrogen-bond donors (Lipinski definition) is 2. The van der Waals surface area contributed by atoms with E-state index in [1.165, 1.54) is 38.5 Å². The standard InChI is InChI=1S/C16H15NO5/c1-21-12-4-3-5-13(22-2)14(12)15(18)17-11-8-6-10(7-9-11)16(19)20/h3-9H,1-2H3,(H,17,18)(H,19,20). The number of carbonyl (C=O) groups is 2. The zero-order valence-electron chi connectivity index (χ0n) is 12.1. The van der Waals surface area contributed by atoms with Crippen LogP contribution in [0, 0.1) is 0 Å². The van der Waals surface area contributed by atoms with Gasteiger partial charge in [-0.2, -0.15) is 0 Å². The first-order chi connectivity index (χ1) is 10.6. The van der Waals surface area contributed by atoms with Crippen molar-refractivity contribution in [1.82, 2.24) is 0 Å². The van der Waals surface area contributed by atoms with Crippen molar-refractivity contribution >= 4 is 17.6 Å². The molecule has 0 unspecified atom stereocenters. The molecule has 0 aromatic heterocycles. The number of rotatable bonds is 5. The molecule has 0 heterocycles. The molecule has 0 aliphatic heterocycles. The molecule has 6 nitrogen and oxygen atoms in total. The summed E-state index contributed by atoms with van der Waals surface area (Å²) in [4.78, 5) is 23.2. The van der Waals surface area contributed by atoms with E-state index in [1.54, 1.807) is 18.2 Å². The van der Waals surface area contributed by atoms with Gasteiger partial charge in [-0.1, -0.05) is 6.07 Å². The average Bonchev–Trinajstić information content (AvgIpc) is 2.54. The normalized spacial score (nSPS) is 9.91. The van der Waals surface area contributed by atoms with Crippen molar-refractivity contribution in [2.24, 2.45) is 0 Å². The van der Waals surface area contributed by atoms with Gasteiger partial charge in [0.1, 0.15) is 17.1 Å². The van der Waals surface area contributed by atoms with Crippen LogP contribution in [0.25, 0.3) is 0 Å². The van der Waals surface area contributed by atoms with Crippen LogP contribution in [-0.4, -0.2) is 31.2 Å². The van der Waals surface area contributed by atoms with Crippen molar-refractivity contribution in [2.75, 3.05) is 19.5 Å². The molecule has 1 amide bonds. The molecule has 114 valence electrons. The number of benzene rings is 2. The van der Waals surface area contributed by atoms with E-state index in [4.69, 9.17) is 14.6 Å². The third kappa shape index (κ3) is 3.17. The van der Waals surface area contributed by atoms with Gasteiger partial charge in [0.05, 0.1) is 19.8 Å². The Morgan fingerprint density at radius 1 is 0.955 bits per heavy atom. The third-order valence-electron chi connectivity index (χ3n) is 3.04. The Kier molecular flexibility index (Phi) is 4.63. The summed E-state index contributed by atoms with van der Waals surface area (Å²) in [7, 11) is 2.93. The lowest BCUT2D eigenvalue weighted by molar-refractivity contribution is 0.0696. The van der Waals surface area contributed by atoms with Crippen molar-refractivity contribution in [1.29, 1.82) is 0 Å². The van der Waals surface area contributed by atoms with E-state index in [1.807, 2.05) is 0 Å². The Balaban J connectivity index is 2.27. The molecular formula is C16H15NO5. The molecule has 0 spiro atoms. The summed E-state index contributed by atoms with van der Waals surface area (Å²) in [5.41, 5.74) is 0.894. The minimum atomic E-state index is -1.02. The van der Waals surface area contributed by atoms with Gasteiger partial charge in [-0.05, 0) is 36.4 Å². The second kappa shape index (κ2) is 6.62. The average molecular weight is 301 g/mol. The summed E-state index contributed by atoms with van der Waals surface area (Å²) in [6, 6.07) is 10.9. The Hall–Kier alpha value is -3.02. The minimum Gasteiger partial charge on any atom is -0.496 e. The van der Waals surface area contributed by atoms with Gasteiger partial charge < -0.3 is 19.9 Å². The molecule has 0 bridgehead atoms. The fourth-order valence-corrected chi connectivity index (χ4v) is 1.96. The molecule has 6 heteroatoms. The summed E-state index contributed by atoms with van der Waals surface area (Å²) in [5, 5.41) is 11.5. The highest BCUT2D eigenvalue weighted by atomic mass is 16.5. The highest BCUT2D eigenvalue weighted by molar-refractivity contribution is 6.08. The number of anilines is 1. The lowest BCUT2D eigenvalue weighted by Crippen LogP contribution is -2.14. The Bertz CT molecular complexity index is 672. The highest BCUT2D eigenvalue weighted by Gasteiger charge is 2.18. The molecule has 0 saturated heterocycles. The van der Waals surface area contributed by atoms with Gasteiger partial charge in [-0.15, -0.1) is 0 Å². The molecule has 0 radical (unpaired) electrons. The molecule has 2 aromatic carbocycles. The van der Waals surface area contributed by atoms with E-state index < -0.39 is 11.9 Å². The largest absolute Gasteiger partial charge is 0.496 e. The van der Waals surface area contributed by atoms with Gasteiger partial charge in [-0.25, -0.2) is 4.79 Å². The van der Waals surface area contributed by atoms with Crippen LogP contribution in [0.2, 0.25) is 0 Å². The van der Waals surface area contributed by atoms with E-state index in [2.05, 4.69) is 5.32 Å². The third-order valence-corrected chi connectivity index (χ3v) is 3.04. The quantitative estimate of drug-likeness (QED) is 0.887. The maximum atomic E-state index is 12.4. The van der Waals surface area contributed by atoms with Gasteiger partial charge in [0.2, 0.25) is 0 Å². The molecule has 2 rings (SSSR count). The molecule has 0 aliphatic rings. The smallest absolute Gasteiger partial charge is 0.335 e. The van der Waals surface area contributed by atoms with Crippen molar-refractivity contribution in [2.45, 2.75) is 0 Å². The number of nitrogens with one attached hydrogen (secondary N) is 1. The first-order valence-electron chi connectivity index (χ1n) is 6.42. The van der Waals surface area contributed by atoms with Crippen molar-refractivity contribution in [3.8, 4) is 11.5 Å². The Labute approximate surface area is 127 Å². The lowest BCUT2D eigenvalue weighted by Gasteiger charge is -2.13. The van der Waals surface area contributed by atoms with Gasteiger partial charge in [0, 0.05) is 5.69 Å². The van der Waals surface area contributed by atoms with Crippen molar-refractivity contribution < 1.29 is 24.2 Å². The molecule has 0 fully saturated rings. The molecule has 0 saturated carbocycles. The van der Waals surface area contributed by atoms with Gasteiger partial charge >= 0.3 is 5.97 Å². The van der Waals surface area contributed by atoms with Gasteiger partial charge in [0.25, 0.3) is 5.91 Å². The maximum absolute atomic E-state index is 12.4. The summed E-state index contributed by atoms with van der Waals surface area (Å²) in [6.07, 6.45) is 0. The van der Waals surface area contributed by atoms with Crippen LogP contribution in [0.5, 0.6) is 11.5 Å². The lowest BCUT2D eigenvalue weighted by atomic mass is 10.1. The van der Waals surface area contributed by atoms with Crippen LogP contribution in [-0.2, 0) is 0 Å². The number of methoxy groups -OCH3 is 2. The first-order valence-corrected chi connectivity index (χ1v) is 6.42. The number of carboxylic acids is 1. The van der Waals surface area contributed by atoms with Crippen LogP contribution < -0.4 is 14.8 Å². The van der Waals surface area contributed by atoms with Crippen molar-refractivity contribution in [3.05, 3.63) is 53.6 Å². The zero-order valence-corrected chi connectivity index (χ0v) is 12.1. The fraction of sp³-hybridized carbons (Fsp3) is 0.125. The number of aromatic carboxylic acids is 1. The number of carbonyl (C=O) groups excluding carboxylic acids is 1. The summed E-state index contributed by atoms with van der Waals surface area (Å²) in [6.45, 7) is 0. The summed E-state index contributed by atoms with van der Waals surface area (Å²) >= 11 is 0. The van der Waals surface area contributed by atoms with Crippen LogP contribution in [0.4, 0.5) is 5.69 Å². The highest BCUT2D eigenvalue weighted by Crippen LogP contribution is 2.29. The second-order valence-corrected chi connectivity index (χ2v) is 4.37. The van der Waals surface area contributed by atoms with Crippen LogP contribution in [0.15, 0.2) is 42.5 Å². The molecular weight excluding hydrogens is 286 g/mol. The van der Waals surface area contributed by atoms with Crippen molar-refractivity contribution in [3.63, 3.8) is 0 Å². The summed E-state index contributed by atoms with van der Waals surface area (Å²) < 4.78 is 10.4. The van der Waals surface area contributed by atoms with Crippen LogP contribution in [0.1, 0.15) is 20.7 Å². The number of carboxylic acid groups (broad SMARTS) is 1. The molecule has 0 atom stereocenters. The van der Waals surface area contributed by atoms with E-state index in [0.717, 1.165) is 0 Å². The number of hydrogen-bond acceptors (Lipinski definition) is 4. The molecule has 2 aromatic rings. The Morgan fingerprint density at radius 3 is 1.95 bits per heavy atom. The summed E-state index contributed by atoms with van der Waals surface area (Å²) in [5.74, 6) is -0.653. The monoisotopic (exact) mass is 301 g/mol. The molecule has 0 aliphatic carbocycles. The fourth-order valence-electron chi connectivity index (χ4n) is 1.96. The minimum absolute atomic E-state index is 0.146. The number of amides is 1. The van der Waals surface area contributed by atoms with E-state index in [0.29, 0.717) is 17.2 Å². The SMILES string of the molecule is COc1cccc(OC)c1C(=O)Nc1ccc(C(=O)O)cc1. The zero-order chi connectivity index (χ0) is 16.1. The Morgan fingerprint density at radius 2 is 1.50 bits per heavy atom. The maximum Gasteiger partial charge on any atom is 0.335 e. The van der Waals surface area contributed by atoms with E-state index >= 15 is 0 Å². The van der Waals surface area contributed by atoms with E-state index in [-0.39, 0.29) is 11.1 Å². The number of ether oxygens (including phenoxy) is 2. The second-order valence-electron chi connectivity index (χ2n) is 4.37. The molecule has 22 heavy (non-hydrogen) atoms. The first kappa shape index (κ1) is 15.4. The van der Waals surface area contributed by atoms with Gasteiger partial charge in [0.15, 0.2) is 0 Å². The predicted octanol–water partition coefficient (Wildman–Crippen LogP) is 2.65. The molecule has 2 N–H and O–H groups in total. The topological polar surface area (TPSA) is 84.9 Å². The van der Waals surface area contributed by atoms with Gasteiger partial charge in [-0.3, -0.25) is 4.79 Å². The van der Waals surface area contributed by atoms with Crippen LogP contribution in [0.3, 0.4) is 0 Å². The van der Waals surface area contributed by atoms with Crippen LogP contribution >= 0.6 is 0 Å². The predicted molar refractivity (Wildman–Crippen MR) is 80.9 cm³/mol.